The monoisotopic (exact) mass is 442 g/mol. The maximum atomic E-state index is 13.0. The van der Waals surface area contributed by atoms with E-state index in [0.717, 1.165) is 37.1 Å². The SMILES string of the molecule is CNCc1cccc(NC(=O)CN2CCCCC(NC(=O)CCC3CCCCC3)C2=O)c1. The summed E-state index contributed by atoms with van der Waals surface area (Å²) >= 11 is 0. The number of carbonyl (C=O) groups is 3. The predicted octanol–water partition coefficient (Wildman–Crippen LogP) is 3.20. The van der Waals surface area contributed by atoms with Crippen LogP contribution in [0, 0.1) is 5.92 Å². The van der Waals surface area contributed by atoms with E-state index in [2.05, 4.69) is 16.0 Å². The normalized spacial score (nSPS) is 20.0. The standard InChI is InChI=1S/C25H38N4O3/c1-26-17-20-10-7-11-21(16-20)27-24(31)18-29-15-6-5-12-22(25(29)32)28-23(30)14-13-19-8-3-2-4-9-19/h7,10-11,16,19,22,26H,2-6,8-9,12-15,17-18H2,1H3,(H,27,31)(H,28,30). The van der Waals surface area contributed by atoms with E-state index in [1.165, 1.54) is 32.1 Å². The molecule has 0 spiro atoms. The minimum absolute atomic E-state index is 0.00351. The van der Waals surface area contributed by atoms with Crippen LogP contribution in [0.2, 0.25) is 0 Å². The van der Waals surface area contributed by atoms with Crippen LogP contribution in [0.1, 0.15) is 69.8 Å². The van der Waals surface area contributed by atoms with E-state index >= 15 is 0 Å². The Bertz CT molecular complexity index is 776. The zero-order valence-electron chi connectivity index (χ0n) is 19.3. The van der Waals surface area contributed by atoms with Crippen LogP contribution in [0.25, 0.3) is 0 Å². The van der Waals surface area contributed by atoms with Gasteiger partial charge in [0.15, 0.2) is 0 Å². The van der Waals surface area contributed by atoms with Crippen molar-refractivity contribution < 1.29 is 14.4 Å². The molecule has 1 heterocycles. The van der Waals surface area contributed by atoms with Crippen molar-refractivity contribution in [3.8, 4) is 0 Å². The Morgan fingerprint density at radius 2 is 1.81 bits per heavy atom. The van der Waals surface area contributed by atoms with Crippen molar-refractivity contribution in [2.24, 2.45) is 5.92 Å². The molecule has 2 fully saturated rings. The van der Waals surface area contributed by atoms with Gasteiger partial charge in [0, 0.05) is 25.2 Å². The van der Waals surface area contributed by atoms with Gasteiger partial charge in [-0.15, -0.1) is 0 Å². The average Bonchev–Trinajstić information content (AvgIpc) is 2.95. The summed E-state index contributed by atoms with van der Waals surface area (Å²) in [6, 6.07) is 7.14. The number of nitrogens with one attached hydrogen (secondary N) is 3. The summed E-state index contributed by atoms with van der Waals surface area (Å²) in [6.45, 7) is 1.26. The lowest BCUT2D eigenvalue weighted by Crippen LogP contribution is -2.49. The van der Waals surface area contributed by atoms with Crippen LogP contribution in [0.3, 0.4) is 0 Å². The molecule has 7 nitrogen and oxygen atoms in total. The number of nitrogens with zero attached hydrogens (tertiary/aromatic N) is 1. The quantitative estimate of drug-likeness (QED) is 0.548. The number of anilines is 1. The molecule has 1 aliphatic heterocycles. The maximum absolute atomic E-state index is 13.0. The Hall–Kier alpha value is -2.41. The van der Waals surface area contributed by atoms with Gasteiger partial charge in [0.05, 0.1) is 6.54 Å². The van der Waals surface area contributed by atoms with Gasteiger partial charge in [-0.1, -0.05) is 44.2 Å². The molecule has 1 saturated carbocycles. The molecule has 176 valence electrons. The molecule has 7 heteroatoms. The van der Waals surface area contributed by atoms with Crippen molar-refractivity contribution in [1.82, 2.24) is 15.5 Å². The van der Waals surface area contributed by atoms with Crippen molar-refractivity contribution in [3.05, 3.63) is 29.8 Å². The third kappa shape index (κ3) is 7.62. The summed E-state index contributed by atoms with van der Waals surface area (Å²) in [6.07, 6.45) is 10.0. The maximum Gasteiger partial charge on any atom is 0.245 e. The van der Waals surface area contributed by atoms with E-state index in [0.29, 0.717) is 25.3 Å². The molecule has 3 amide bonds. The van der Waals surface area contributed by atoms with Gasteiger partial charge in [0.25, 0.3) is 0 Å². The number of hydrogen-bond donors (Lipinski definition) is 3. The largest absolute Gasteiger partial charge is 0.344 e. The van der Waals surface area contributed by atoms with Crippen molar-refractivity contribution >= 4 is 23.4 Å². The molecule has 3 N–H and O–H groups in total. The summed E-state index contributed by atoms with van der Waals surface area (Å²) in [4.78, 5) is 39.7. The van der Waals surface area contributed by atoms with Gasteiger partial charge >= 0.3 is 0 Å². The molecule has 0 bridgehead atoms. The smallest absolute Gasteiger partial charge is 0.245 e. The highest BCUT2D eigenvalue weighted by molar-refractivity contribution is 5.96. The number of amides is 3. The Balaban J connectivity index is 1.49. The first kappa shape index (κ1) is 24.2. The van der Waals surface area contributed by atoms with Crippen LogP contribution in [-0.2, 0) is 20.9 Å². The van der Waals surface area contributed by atoms with Gasteiger partial charge in [-0.25, -0.2) is 0 Å². The van der Waals surface area contributed by atoms with Gasteiger partial charge in [0.1, 0.15) is 6.04 Å². The zero-order chi connectivity index (χ0) is 22.8. The highest BCUT2D eigenvalue weighted by Crippen LogP contribution is 2.27. The highest BCUT2D eigenvalue weighted by Gasteiger charge is 2.29. The van der Waals surface area contributed by atoms with Gasteiger partial charge in [-0.3, -0.25) is 14.4 Å². The molecular weight excluding hydrogens is 404 g/mol. The summed E-state index contributed by atoms with van der Waals surface area (Å²) < 4.78 is 0. The lowest BCUT2D eigenvalue weighted by Gasteiger charge is -2.25. The summed E-state index contributed by atoms with van der Waals surface area (Å²) in [5.74, 6) is 0.240. The van der Waals surface area contributed by atoms with E-state index < -0.39 is 6.04 Å². The van der Waals surface area contributed by atoms with Crippen LogP contribution in [0.4, 0.5) is 5.69 Å². The van der Waals surface area contributed by atoms with Gasteiger partial charge < -0.3 is 20.9 Å². The predicted molar refractivity (Wildman–Crippen MR) is 126 cm³/mol. The molecule has 32 heavy (non-hydrogen) atoms. The fourth-order valence-electron chi connectivity index (χ4n) is 4.81. The second kappa shape index (κ2) is 12.6. The first-order valence-electron chi connectivity index (χ1n) is 12.2. The molecule has 1 saturated heterocycles. The second-order valence-corrected chi connectivity index (χ2v) is 9.20. The first-order chi connectivity index (χ1) is 15.5. The molecule has 1 aromatic carbocycles. The van der Waals surface area contributed by atoms with E-state index in [-0.39, 0.29) is 24.3 Å². The zero-order valence-corrected chi connectivity index (χ0v) is 19.3. The number of benzene rings is 1. The summed E-state index contributed by atoms with van der Waals surface area (Å²) in [5, 5.41) is 8.94. The third-order valence-corrected chi connectivity index (χ3v) is 6.55. The Morgan fingerprint density at radius 1 is 1.03 bits per heavy atom. The molecular formula is C25H38N4O3. The first-order valence-corrected chi connectivity index (χ1v) is 12.2. The Morgan fingerprint density at radius 3 is 2.59 bits per heavy atom. The summed E-state index contributed by atoms with van der Waals surface area (Å²) in [7, 11) is 1.88. The minimum atomic E-state index is -0.525. The van der Waals surface area contributed by atoms with Crippen molar-refractivity contribution in [2.75, 3.05) is 25.5 Å². The summed E-state index contributed by atoms with van der Waals surface area (Å²) in [5.41, 5.74) is 1.80. The van der Waals surface area contributed by atoms with Crippen LogP contribution in [0.15, 0.2) is 24.3 Å². The van der Waals surface area contributed by atoms with Crippen molar-refractivity contribution in [3.63, 3.8) is 0 Å². The van der Waals surface area contributed by atoms with Crippen LogP contribution < -0.4 is 16.0 Å². The molecule has 1 unspecified atom stereocenters. The third-order valence-electron chi connectivity index (χ3n) is 6.55. The van der Waals surface area contributed by atoms with Crippen LogP contribution >= 0.6 is 0 Å². The molecule has 0 radical (unpaired) electrons. The number of likely N-dealkylation sites (tertiary alicyclic amines) is 1. The van der Waals surface area contributed by atoms with E-state index in [1.807, 2.05) is 31.3 Å². The van der Waals surface area contributed by atoms with Crippen molar-refractivity contribution in [2.45, 2.75) is 76.8 Å². The molecule has 0 aromatic heterocycles. The number of hydrogen-bond acceptors (Lipinski definition) is 4. The minimum Gasteiger partial charge on any atom is -0.344 e. The lowest BCUT2D eigenvalue weighted by atomic mass is 9.86. The van der Waals surface area contributed by atoms with Gasteiger partial charge in [-0.05, 0) is 56.3 Å². The topological polar surface area (TPSA) is 90.5 Å². The van der Waals surface area contributed by atoms with Gasteiger partial charge in [-0.2, -0.15) is 0 Å². The molecule has 1 aliphatic carbocycles. The van der Waals surface area contributed by atoms with Crippen molar-refractivity contribution in [1.29, 1.82) is 0 Å². The lowest BCUT2D eigenvalue weighted by molar-refractivity contribution is -0.138. The Labute approximate surface area is 191 Å². The van der Waals surface area contributed by atoms with Gasteiger partial charge in [0.2, 0.25) is 17.7 Å². The number of carbonyl (C=O) groups excluding carboxylic acids is 3. The second-order valence-electron chi connectivity index (χ2n) is 9.20. The fourth-order valence-corrected chi connectivity index (χ4v) is 4.81. The van der Waals surface area contributed by atoms with E-state index in [1.54, 1.807) is 4.90 Å². The van der Waals surface area contributed by atoms with E-state index in [4.69, 9.17) is 0 Å². The number of rotatable bonds is 9. The molecule has 1 atom stereocenters. The molecule has 2 aliphatic rings. The van der Waals surface area contributed by atoms with Crippen LogP contribution in [-0.4, -0.2) is 48.8 Å². The molecule has 1 aromatic rings. The average molecular weight is 443 g/mol. The highest BCUT2D eigenvalue weighted by atomic mass is 16.2. The van der Waals surface area contributed by atoms with E-state index in [9.17, 15) is 14.4 Å². The van der Waals surface area contributed by atoms with Crippen LogP contribution in [0.5, 0.6) is 0 Å². The fraction of sp³-hybridized carbons (Fsp3) is 0.640. The Kier molecular flexibility index (Phi) is 9.53. The molecule has 3 rings (SSSR count).